The molecule has 1 spiro atoms. The van der Waals surface area contributed by atoms with E-state index >= 15 is 0 Å². The largest absolute Gasteiger partial charge is 0.396 e. The van der Waals surface area contributed by atoms with Gasteiger partial charge in [0.1, 0.15) is 11.6 Å². The molecule has 2 fully saturated rings. The third kappa shape index (κ3) is 4.62. The summed E-state index contributed by atoms with van der Waals surface area (Å²) in [6, 6.07) is -0.713. The van der Waals surface area contributed by atoms with Gasteiger partial charge in [0, 0.05) is 38.8 Å². The van der Waals surface area contributed by atoms with Crippen molar-refractivity contribution in [1.29, 1.82) is 0 Å². The zero-order valence-electron chi connectivity index (χ0n) is 22.1. The Kier molecular flexibility index (Phi) is 8.56. The van der Waals surface area contributed by atoms with Crippen LogP contribution in [0.4, 0.5) is 0 Å². The van der Waals surface area contributed by atoms with Gasteiger partial charge in [-0.05, 0) is 32.6 Å². The Morgan fingerprint density at radius 3 is 2.50 bits per heavy atom. The minimum absolute atomic E-state index is 0.0491. The number of likely N-dealkylation sites (tertiary alicyclic amines) is 1. The normalized spacial score (nSPS) is 32.4. The second kappa shape index (κ2) is 11.5. The molecule has 0 aliphatic carbocycles. The van der Waals surface area contributed by atoms with E-state index in [1.165, 1.54) is 0 Å². The number of fused-ring (bicyclic) bond motifs is 2. The lowest BCUT2D eigenvalue weighted by atomic mass is 9.77. The first-order valence-corrected chi connectivity index (χ1v) is 13.9. The van der Waals surface area contributed by atoms with E-state index in [2.05, 4.69) is 13.8 Å². The van der Waals surface area contributed by atoms with Gasteiger partial charge in [-0.3, -0.25) is 14.4 Å². The van der Waals surface area contributed by atoms with Crippen molar-refractivity contribution in [3.05, 3.63) is 24.3 Å². The third-order valence-electron chi connectivity index (χ3n) is 8.31. The molecule has 4 aliphatic heterocycles. The van der Waals surface area contributed by atoms with Crippen LogP contribution in [0, 0.1) is 11.8 Å². The van der Waals surface area contributed by atoms with Crippen LogP contribution in [-0.2, 0) is 19.1 Å². The van der Waals surface area contributed by atoms with Crippen molar-refractivity contribution in [2.75, 3.05) is 32.8 Å². The Morgan fingerprint density at radius 1 is 1.00 bits per heavy atom. The molecule has 4 rings (SSSR count). The number of hydrogen-bond acceptors (Lipinski definition) is 5. The van der Waals surface area contributed by atoms with Crippen molar-refractivity contribution in [1.82, 2.24) is 14.7 Å². The highest BCUT2D eigenvalue weighted by Gasteiger charge is 2.71. The number of carbonyl (C=O) groups excluding carboxylic acids is 3. The second-order valence-electron chi connectivity index (χ2n) is 10.8. The van der Waals surface area contributed by atoms with Crippen LogP contribution in [0.2, 0.25) is 0 Å². The number of nitrogens with zero attached hydrogens (tertiary/aromatic N) is 3. The van der Waals surface area contributed by atoms with Gasteiger partial charge in [-0.1, -0.05) is 57.4 Å². The zero-order chi connectivity index (χ0) is 25.9. The summed E-state index contributed by atoms with van der Waals surface area (Å²) < 4.78 is 6.68. The predicted octanol–water partition coefficient (Wildman–Crippen LogP) is 2.52. The number of ether oxygens (including phenoxy) is 1. The van der Waals surface area contributed by atoms with E-state index in [-0.39, 0.29) is 30.4 Å². The Morgan fingerprint density at radius 2 is 1.78 bits per heavy atom. The summed E-state index contributed by atoms with van der Waals surface area (Å²) in [6.07, 6.45) is 13.2. The summed E-state index contributed by atoms with van der Waals surface area (Å²) in [7, 11) is 0. The molecule has 200 valence electrons. The molecule has 1 N–H and O–H groups in total. The average molecular weight is 502 g/mol. The van der Waals surface area contributed by atoms with E-state index in [1.54, 1.807) is 4.90 Å². The molecular weight excluding hydrogens is 458 g/mol. The first kappa shape index (κ1) is 26.9. The molecule has 0 saturated carbocycles. The van der Waals surface area contributed by atoms with Crippen molar-refractivity contribution in [2.24, 2.45) is 11.8 Å². The highest BCUT2D eigenvalue weighted by atomic mass is 16.5. The molecule has 0 radical (unpaired) electrons. The fourth-order valence-corrected chi connectivity index (χ4v) is 6.64. The van der Waals surface area contributed by atoms with Crippen LogP contribution >= 0.6 is 0 Å². The Hall–Kier alpha value is -2.19. The molecule has 3 amide bonds. The van der Waals surface area contributed by atoms with Gasteiger partial charge in [0.15, 0.2) is 0 Å². The van der Waals surface area contributed by atoms with Gasteiger partial charge in [-0.2, -0.15) is 0 Å². The van der Waals surface area contributed by atoms with Crippen LogP contribution in [-0.4, -0.2) is 94.1 Å². The molecule has 8 heteroatoms. The maximum absolute atomic E-state index is 14.2. The smallest absolute Gasteiger partial charge is 0.249 e. The number of amides is 3. The number of hydrogen-bond donors (Lipinski definition) is 1. The standard InChI is InChI=1S/C28H43N3O5/c1-4-12-20(3)30-18-11-14-28-23(22-21(36-28)13-10-16-29(15-5-2)25(22)33)26(34)31(24(28)27(30)35)17-8-6-7-9-19-32/h10-11,13-14,20-24,32H,4-9,12,15-19H2,1-3H3/t20?,21-,22+,23+,24?,28+/m1/s1. The average Bonchev–Trinajstić information content (AvgIpc) is 3.16. The van der Waals surface area contributed by atoms with Gasteiger partial charge in [-0.15, -0.1) is 0 Å². The lowest BCUT2D eigenvalue weighted by Crippen LogP contribution is -2.56. The number of carbonyl (C=O) groups is 3. The fourth-order valence-electron chi connectivity index (χ4n) is 6.64. The topological polar surface area (TPSA) is 90.4 Å². The van der Waals surface area contributed by atoms with Crippen molar-refractivity contribution >= 4 is 17.7 Å². The predicted molar refractivity (Wildman–Crippen MR) is 137 cm³/mol. The van der Waals surface area contributed by atoms with Gasteiger partial charge in [0.05, 0.1) is 17.9 Å². The minimum atomic E-state index is -1.13. The highest BCUT2D eigenvalue weighted by Crippen LogP contribution is 2.53. The number of aliphatic hydroxyl groups excluding tert-OH is 1. The zero-order valence-corrected chi connectivity index (χ0v) is 22.1. The Bertz CT molecular complexity index is 888. The monoisotopic (exact) mass is 501 g/mol. The lowest BCUT2D eigenvalue weighted by molar-refractivity contribution is -0.149. The van der Waals surface area contributed by atoms with Crippen molar-refractivity contribution in [3.8, 4) is 0 Å². The van der Waals surface area contributed by atoms with Crippen LogP contribution in [0.15, 0.2) is 24.3 Å². The van der Waals surface area contributed by atoms with Gasteiger partial charge in [0.2, 0.25) is 17.7 Å². The summed E-state index contributed by atoms with van der Waals surface area (Å²) in [6.45, 7) is 8.46. The Labute approximate surface area is 215 Å². The van der Waals surface area contributed by atoms with E-state index in [1.807, 2.05) is 41.0 Å². The van der Waals surface area contributed by atoms with Crippen LogP contribution in [0.3, 0.4) is 0 Å². The van der Waals surface area contributed by atoms with Crippen LogP contribution in [0.1, 0.15) is 65.7 Å². The number of unbranched alkanes of at least 4 members (excludes halogenated alkanes) is 3. The maximum atomic E-state index is 14.2. The quantitative estimate of drug-likeness (QED) is 0.347. The molecule has 8 nitrogen and oxygen atoms in total. The first-order valence-electron chi connectivity index (χ1n) is 13.9. The van der Waals surface area contributed by atoms with Gasteiger partial charge in [0.25, 0.3) is 0 Å². The van der Waals surface area contributed by atoms with Crippen LogP contribution in [0.5, 0.6) is 0 Å². The second-order valence-corrected chi connectivity index (χ2v) is 10.8. The number of rotatable bonds is 11. The minimum Gasteiger partial charge on any atom is -0.396 e. The van der Waals surface area contributed by atoms with Crippen LogP contribution < -0.4 is 0 Å². The van der Waals surface area contributed by atoms with Crippen molar-refractivity contribution in [2.45, 2.75) is 89.5 Å². The van der Waals surface area contributed by atoms with Crippen LogP contribution in [0.25, 0.3) is 0 Å². The molecule has 2 saturated heterocycles. The summed E-state index contributed by atoms with van der Waals surface area (Å²) in [5, 5.41) is 9.11. The fraction of sp³-hybridized carbons (Fsp3) is 0.750. The molecule has 0 aromatic rings. The summed E-state index contributed by atoms with van der Waals surface area (Å²) in [5.74, 6) is -1.60. The molecule has 2 unspecified atom stereocenters. The molecule has 6 atom stereocenters. The van der Waals surface area contributed by atoms with Gasteiger partial charge < -0.3 is 24.5 Å². The van der Waals surface area contributed by atoms with E-state index in [9.17, 15) is 14.4 Å². The molecule has 36 heavy (non-hydrogen) atoms. The van der Waals surface area contributed by atoms with E-state index in [0.29, 0.717) is 26.2 Å². The van der Waals surface area contributed by atoms with E-state index < -0.39 is 29.6 Å². The molecule has 0 bridgehead atoms. The highest BCUT2D eigenvalue weighted by molar-refractivity contribution is 5.99. The number of aliphatic hydroxyl groups is 1. The van der Waals surface area contributed by atoms with Crippen molar-refractivity contribution in [3.63, 3.8) is 0 Å². The molecule has 4 aliphatic rings. The Balaban J connectivity index is 1.71. The molecule has 4 heterocycles. The third-order valence-corrected chi connectivity index (χ3v) is 8.31. The molecular formula is C28H43N3O5. The maximum Gasteiger partial charge on any atom is 0.249 e. The van der Waals surface area contributed by atoms with E-state index in [4.69, 9.17) is 9.84 Å². The van der Waals surface area contributed by atoms with E-state index in [0.717, 1.165) is 44.9 Å². The summed E-state index contributed by atoms with van der Waals surface area (Å²) in [4.78, 5) is 47.4. The summed E-state index contributed by atoms with van der Waals surface area (Å²) >= 11 is 0. The molecule has 0 aromatic carbocycles. The lowest BCUT2D eigenvalue weighted by Gasteiger charge is -2.37. The van der Waals surface area contributed by atoms with Crippen molar-refractivity contribution < 1.29 is 24.2 Å². The molecule has 0 aromatic heterocycles. The summed E-state index contributed by atoms with van der Waals surface area (Å²) in [5.41, 5.74) is -1.13. The van der Waals surface area contributed by atoms with Gasteiger partial charge >= 0.3 is 0 Å². The first-order chi connectivity index (χ1) is 17.4. The SMILES string of the molecule is CCCC(C)N1CC=C[C@]23O[C@@H]4C=CCN(CCC)C(=O)[C@@H]4[C@H]2C(=O)N(CCCCCCO)C3C1=O. The van der Waals surface area contributed by atoms with Gasteiger partial charge in [-0.25, -0.2) is 0 Å².